The summed E-state index contributed by atoms with van der Waals surface area (Å²) in [5.74, 6) is 0.576. The van der Waals surface area contributed by atoms with Gasteiger partial charge in [-0.1, -0.05) is 0 Å². The van der Waals surface area contributed by atoms with Crippen molar-refractivity contribution in [3.05, 3.63) is 48.4 Å². The van der Waals surface area contributed by atoms with Crippen LogP contribution in [0.3, 0.4) is 0 Å². The number of hydrogen-bond donors (Lipinski definition) is 1. The lowest BCUT2D eigenvalue weighted by molar-refractivity contribution is -0.141. The van der Waals surface area contributed by atoms with E-state index in [2.05, 4.69) is 30.5 Å². The Morgan fingerprint density at radius 3 is 2.54 bits per heavy atom. The molecule has 1 N–H and O–H groups in total. The van der Waals surface area contributed by atoms with E-state index in [0.29, 0.717) is 11.4 Å². The topological polar surface area (TPSA) is 81.4 Å². The average Bonchev–Trinajstić information content (AvgIpc) is 2.98. The SMILES string of the molecule is Cn1cnnc1CNc1cc(C(F)(F)F)nc(-c2ccncc2)n1. The lowest BCUT2D eigenvalue weighted by atomic mass is 10.2. The van der Waals surface area contributed by atoms with Crippen molar-refractivity contribution in [2.24, 2.45) is 7.05 Å². The molecule has 0 saturated carbocycles. The maximum absolute atomic E-state index is 13.1. The average molecular weight is 335 g/mol. The highest BCUT2D eigenvalue weighted by Gasteiger charge is 2.33. The third-order valence-corrected chi connectivity index (χ3v) is 3.19. The lowest BCUT2D eigenvalue weighted by Crippen LogP contribution is -2.13. The van der Waals surface area contributed by atoms with E-state index in [1.165, 1.54) is 18.7 Å². The molecular weight excluding hydrogens is 323 g/mol. The van der Waals surface area contributed by atoms with E-state index in [-0.39, 0.29) is 18.2 Å². The zero-order valence-corrected chi connectivity index (χ0v) is 12.5. The normalized spacial score (nSPS) is 11.5. The molecule has 0 aliphatic heterocycles. The van der Waals surface area contributed by atoms with Crippen LogP contribution in [-0.4, -0.2) is 29.7 Å². The van der Waals surface area contributed by atoms with Crippen LogP contribution in [0.15, 0.2) is 36.9 Å². The van der Waals surface area contributed by atoms with E-state index in [0.717, 1.165) is 6.07 Å². The molecule has 3 rings (SSSR count). The molecule has 0 unspecified atom stereocenters. The van der Waals surface area contributed by atoms with Gasteiger partial charge in [-0.2, -0.15) is 13.2 Å². The molecule has 7 nitrogen and oxygen atoms in total. The van der Waals surface area contributed by atoms with Crippen LogP contribution in [0.1, 0.15) is 11.5 Å². The standard InChI is InChI=1S/C14H12F3N7/c1-24-8-20-23-12(24)7-19-11-6-10(14(15,16)17)21-13(22-11)9-2-4-18-5-3-9/h2-6,8H,7H2,1H3,(H,19,21,22). The van der Waals surface area contributed by atoms with Gasteiger partial charge in [-0.3, -0.25) is 4.98 Å². The lowest BCUT2D eigenvalue weighted by Gasteiger charge is -2.11. The monoisotopic (exact) mass is 335 g/mol. The fourth-order valence-electron chi connectivity index (χ4n) is 1.95. The Morgan fingerprint density at radius 2 is 1.92 bits per heavy atom. The van der Waals surface area contributed by atoms with Gasteiger partial charge < -0.3 is 9.88 Å². The molecule has 3 aromatic heterocycles. The van der Waals surface area contributed by atoms with Crippen molar-refractivity contribution in [1.82, 2.24) is 29.7 Å². The molecule has 0 atom stereocenters. The molecule has 0 spiro atoms. The van der Waals surface area contributed by atoms with Gasteiger partial charge in [0.1, 0.15) is 12.1 Å². The first-order valence-corrected chi connectivity index (χ1v) is 6.87. The maximum Gasteiger partial charge on any atom is 0.433 e. The summed E-state index contributed by atoms with van der Waals surface area (Å²) < 4.78 is 40.9. The number of alkyl halides is 3. The summed E-state index contributed by atoms with van der Waals surface area (Å²) in [4.78, 5) is 11.6. The molecule has 0 fully saturated rings. The first kappa shape index (κ1) is 15.8. The van der Waals surface area contributed by atoms with Gasteiger partial charge >= 0.3 is 6.18 Å². The molecule has 24 heavy (non-hydrogen) atoms. The minimum absolute atomic E-state index is 0.0345. The predicted molar refractivity (Wildman–Crippen MR) is 78.6 cm³/mol. The number of hydrogen-bond acceptors (Lipinski definition) is 6. The predicted octanol–water partition coefficient (Wildman–Crippen LogP) is 2.30. The van der Waals surface area contributed by atoms with Gasteiger partial charge in [-0.05, 0) is 12.1 Å². The van der Waals surface area contributed by atoms with Gasteiger partial charge in [0.2, 0.25) is 0 Å². The Labute approximate surface area is 134 Å². The number of aromatic nitrogens is 6. The number of pyridine rings is 1. The van der Waals surface area contributed by atoms with Crippen LogP contribution in [0.2, 0.25) is 0 Å². The molecular formula is C14H12F3N7. The summed E-state index contributed by atoms with van der Waals surface area (Å²) >= 11 is 0. The van der Waals surface area contributed by atoms with Gasteiger partial charge in [0.25, 0.3) is 0 Å². The fraction of sp³-hybridized carbons (Fsp3) is 0.214. The molecule has 124 valence electrons. The zero-order valence-electron chi connectivity index (χ0n) is 12.5. The van der Waals surface area contributed by atoms with Crippen LogP contribution >= 0.6 is 0 Å². The van der Waals surface area contributed by atoms with Crippen molar-refractivity contribution >= 4 is 5.82 Å². The fourth-order valence-corrected chi connectivity index (χ4v) is 1.95. The summed E-state index contributed by atoms with van der Waals surface area (Å²) in [6.45, 7) is 0.181. The van der Waals surface area contributed by atoms with E-state index in [9.17, 15) is 13.2 Å². The third kappa shape index (κ3) is 3.47. The van der Waals surface area contributed by atoms with Crippen LogP contribution < -0.4 is 5.32 Å². The van der Waals surface area contributed by atoms with E-state index in [1.54, 1.807) is 23.7 Å². The molecule has 0 aromatic carbocycles. The molecule has 0 amide bonds. The Bertz CT molecular complexity index is 830. The second-order valence-corrected chi connectivity index (χ2v) is 4.91. The van der Waals surface area contributed by atoms with Gasteiger partial charge in [-0.15, -0.1) is 10.2 Å². The van der Waals surface area contributed by atoms with E-state index in [1.807, 2.05) is 0 Å². The molecule has 0 saturated heterocycles. The van der Waals surface area contributed by atoms with Crippen molar-refractivity contribution in [3.8, 4) is 11.4 Å². The Balaban J connectivity index is 1.94. The smallest absolute Gasteiger partial charge is 0.363 e. The van der Waals surface area contributed by atoms with E-state index >= 15 is 0 Å². The number of anilines is 1. The van der Waals surface area contributed by atoms with Crippen molar-refractivity contribution in [2.45, 2.75) is 12.7 Å². The minimum Gasteiger partial charge on any atom is -0.363 e. The van der Waals surface area contributed by atoms with Crippen LogP contribution in [0, 0.1) is 0 Å². The Hall–Kier alpha value is -3.04. The second-order valence-electron chi connectivity index (χ2n) is 4.91. The van der Waals surface area contributed by atoms with Crippen molar-refractivity contribution in [1.29, 1.82) is 0 Å². The summed E-state index contributed by atoms with van der Waals surface area (Å²) in [7, 11) is 1.74. The highest BCUT2D eigenvalue weighted by atomic mass is 19.4. The second kappa shape index (κ2) is 6.22. The van der Waals surface area contributed by atoms with Crippen molar-refractivity contribution < 1.29 is 13.2 Å². The number of halogens is 3. The molecule has 0 radical (unpaired) electrons. The largest absolute Gasteiger partial charge is 0.433 e. The van der Waals surface area contributed by atoms with Crippen LogP contribution in [0.5, 0.6) is 0 Å². The Kier molecular flexibility index (Phi) is 4.11. The van der Waals surface area contributed by atoms with Crippen LogP contribution in [0.4, 0.5) is 19.0 Å². The molecule has 0 aliphatic carbocycles. The van der Waals surface area contributed by atoms with Gasteiger partial charge in [-0.25, -0.2) is 9.97 Å². The molecule has 10 heteroatoms. The van der Waals surface area contributed by atoms with Gasteiger partial charge in [0, 0.05) is 31.1 Å². The summed E-state index contributed by atoms with van der Waals surface area (Å²) in [5.41, 5.74) is -0.581. The quantitative estimate of drug-likeness (QED) is 0.788. The van der Waals surface area contributed by atoms with Crippen LogP contribution in [0.25, 0.3) is 11.4 Å². The van der Waals surface area contributed by atoms with Gasteiger partial charge in [0.15, 0.2) is 17.3 Å². The summed E-state index contributed by atoms with van der Waals surface area (Å²) in [5, 5.41) is 10.4. The summed E-state index contributed by atoms with van der Waals surface area (Å²) in [6, 6.07) is 3.95. The number of rotatable bonds is 4. The minimum atomic E-state index is -4.58. The third-order valence-electron chi connectivity index (χ3n) is 3.19. The van der Waals surface area contributed by atoms with Crippen LogP contribution in [-0.2, 0) is 19.8 Å². The first-order valence-electron chi connectivity index (χ1n) is 6.87. The number of nitrogens with one attached hydrogen (secondary N) is 1. The molecule has 0 bridgehead atoms. The highest BCUT2D eigenvalue weighted by molar-refractivity contribution is 5.57. The summed E-state index contributed by atoms with van der Waals surface area (Å²) in [6.07, 6.45) is -0.149. The van der Waals surface area contributed by atoms with Gasteiger partial charge in [0.05, 0.1) is 6.54 Å². The van der Waals surface area contributed by atoms with E-state index in [4.69, 9.17) is 0 Å². The van der Waals surface area contributed by atoms with Crippen molar-refractivity contribution in [2.75, 3.05) is 5.32 Å². The number of nitrogens with zero attached hydrogens (tertiary/aromatic N) is 6. The molecule has 0 aliphatic rings. The zero-order chi connectivity index (χ0) is 17.2. The first-order chi connectivity index (χ1) is 11.4. The Morgan fingerprint density at radius 1 is 1.17 bits per heavy atom. The number of aryl methyl sites for hydroxylation is 1. The van der Waals surface area contributed by atoms with Crippen molar-refractivity contribution in [3.63, 3.8) is 0 Å². The molecule has 3 aromatic rings. The van der Waals surface area contributed by atoms with E-state index < -0.39 is 11.9 Å². The molecule has 3 heterocycles. The highest BCUT2D eigenvalue weighted by Crippen LogP contribution is 2.30. The maximum atomic E-state index is 13.1.